The van der Waals surface area contributed by atoms with Crippen LogP contribution < -0.4 is 9.88 Å². The highest BCUT2D eigenvalue weighted by molar-refractivity contribution is 7.80. The van der Waals surface area contributed by atoms with Crippen LogP contribution in [0.1, 0.15) is 5.69 Å². The first-order valence-electron chi connectivity index (χ1n) is 8.59. The molecule has 3 rings (SSSR count). The van der Waals surface area contributed by atoms with E-state index in [4.69, 9.17) is 0 Å². The van der Waals surface area contributed by atoms with E-state index in [1.807, 2.05) is 91.3 Å². The summed E-state index contributed by atoms with van der Waals surface area (Å²) < 4.78 is 33.0. The second-order valence-corrected chi connectivity index (χ2v) is 7.05. The summed E-state index contributed by atoms with van der Waals surface area (Å²) in [6.45, 7) is 2.04. The molecule has 0 saturated heterocycles. The van der Waals surface area contributed by atoms with Crippen LogP contribution in [0, 0.1) is 6.92 Å². The molecule has 152 valence electrons. The Morgan fingerprint density at radius 3 is 2.07 bits per heavy atom. The predicted molar refractivity (Wildman–Crippen MR) is 109 cm³/mol. The largest absolute Gasteiger partial charge is 0.726 e. The first kappa shape index (κ1) is 22.2. The predicted octanol–water partition coefficient (Wildman–Crippen LogP) is 4.07. The topological polar surface area (TPSA) is 107 Å². The van der Waals surface area contributed by atoms with Gasteiger partial charge >= 0.3 is 5.82 Å². The van der Waals surface area contributed by atoms with Crippen molar-refractivity contribution in [1.29, 1.82) is 0 Å². The lowest BCUT2D eigenvalue weighted by Gasteiger charge is -2.05. The van der Waals surface area contributed by atoms with E-state index in [1.165, 1.54) is 0 Å². The molecule has 0 spiro atoms. The number of para-hydroxylation sites is 1. The molecule has 3 aromatic rings. The first-order chi connectivity index (χ1) is 13.8. The van der Waals surface area contributed by atoms with Crippen LogP contribution in [0.25, 0.3) is 0 Å². The third-order valence-corrected chi connectivity index (χ3v) is 4.27. The van der Waals surface area contributed by atoms with E-state index in [1.54, 1.807) is 0 Å². The van der Waals surface area contributed by atoms with Crippen molar-refractivity contribution < 1.29 is 21.7 Å². The normalized spacial score (nSPS) is 11.0. The summed E-state index contributed by atoms with van der Waals surface area (Å²) in [6, 6.07) is 23.9. The molecule has 0 unspecified atom stereocenters. The average molecular weight is 414 g/mol. The van der Waals surface area contributed by atoms with Gasteiger partial charge in [0.15, 0.2) is 0 Å². The molecular formula is C20H22N4O4S. The molecule has 1 aromatic heterocycles. The fourth-order valence-electron chi connectivity index (χ4n) is 2.19. The Balaban J connectivity index is 0.000000438. The summed E-state index contributed by atoms with van der Waals surface area (Å²) >= 11 is 0. The van der Waals surface area contributed by atoms with Crippen LogP contribution in [0.4, 0.5) is 22.9 Å². The van der Waals surface area contributed by atoms with Crippen molar-refractivity contribution in [3.05, 3.63) is 78.5 Å². The van der Waals surface area contributed by atoms with Crippen molar-refractivity contribution in [3.63, 3.8) is 0 Å². The fraction of sp³-hybridized carbons (Fsp3) is 0.150. The molecule has 1 N–H and O–H groups in total. The Bertz CT molecular complexity index is 1050. The second-order valence-electron chi connectivity index (χ2n) is 5.90. The number of aryl methyl sites for hydroxylation is 1. The van der Waals surface area contributed by atoms with E-state index in [0.717, 1.165) is 35.7 Å². The van der Waals surface area contributed by atoms with Gasteiger partial charge in [-0.05, 0) is 54.5 Å². The maximum atomic E-state index is 9.22. The average Bonchev–Trinajstić information content (AvgIpc) is 2.71. The summed E-state index contributed by atoms with van der Waals surface area (Å²) in [6.07, 6.45) is 0. The van der Waals surface area contributed by atoms with Crippen molar-refractivity contribution in [2.75, 3.05) is 12.4 Å². The molecule has 2 aromatic carbocycles. The smallest absolute Gasteiger partial charge is 0.350 e. The van der Waals surface area contributed by atoms with Crippen LogP contribution in [0.3, 0.4) is 0 Å². The lowest BCUT2D eigenvalue weighted by molar-refractivity contribution is -0.664. The minimum Gasteiger partial charge on any atom is -0.726 e. The zero-order valence-electron chi connectivity index (χ0n) is 16.3. The quantitative estimate of drug-likeness (QED) is 0.293. The number of anilines is 2. The van der Waals surface area contributed by atoms with Crippen molar-refractivity contribution in [2.45, 2.75) is 6.92 Å². The van der Waals surface area contributed by atoms with Gasteiger partial charge < -0.3 is 9.87 Å². The molecule has 29 heavy (non-hydrogen) atoms. The van der Waals surface area contributed by atoms with E-state index >= 15 is 0 Å². The summed E-state index contributed by atoms with van der Waals surface area (Å²) in [5, 5.41) is 12.0. The Hall–Kier alpha value is -3.14. The van der Waals surface area contributed by atoms with Gasteiger partial charge in [-0.25, -0.2) is 13.0 Å². The van der Waals surface area contributed by atoms with Crippen LogP contribution in [0.15, 0.2) is 83.0 Å². The molecular weight excluding hydrogens is 392 g/mol. The summed E-state index contributed by atoms with van der Waals surface area (Å²) in [5.74, 6) is 0.830. The lowest BCUT2D eigenvalue weighted by Crippen LogP contribution is -2.31. The molecule has 0 saturated carbocycles. The molecule has 0 radical (unpaired) electrons. The molecule has 8 nitrogen and oxygen atoms in total. The van der Waals surface area contributed by atoms with E-state index in [-0.39, 0.29) is 0 Å². The second kappa shape index (κ2) is 10.4. The van der Waals surface area contributed by atoms with Crippen LogP contribution >= 0.6 is 0 Å². The van der Waals surface area contributed by atoms with Gasteiger partial charge in [0.25, 0.3) is 0 Å². The number of pyridine rings is 1. The van der Waals surface area contributed by atoms with Gasteiger partial charge in [-0.2, -0.15) is 0 Å². The summed E-state index contributed by atoms with van der Waals surface area (Å²) in [4.78, 5) is 0. The fourth-order valence-corrected chi connectivity index (χ4v) is 2.19. The van der Waals surface area contributed by atoms with Gasteiger partial charge in [0, 0.05) is 17.4 Å². The van der Waals surface area contributed by atoms with Gasteiger partial charge in [-0.1, -0.05) is 24.3 Å². The molecule has 0 bridgehead atoms. The van der Waals surface area contributed by atoms with Gasteiger partial charge in [0.1, 0.15) is 11.4 Å². The monoisotopic (exact) mass is 414 g/mol. The Morgan fingerprint density at radius 2 is 1.48 bits per heavy atom. The number of nitrogens with one attached hydrogen (secondary N) is 1. The molecule has 1 heterocycles. The Labute approximate surface area is 170 Å². The van der Waals surface area contributed by atoms with Crippen molar-refractivity contribution >= 4 is 33.3 Å². The van der Waals surface area contributed by atoms with Crippen LogP contribution in [0.2, 0.25) is 0 Å². The van der Waals surface area contributed by atoms with Gasteiger partial charge in [-0.3, -0.25) is 4.18 Å². The molecule has 0 fully saturated rings. The zero-order valence-corrected chi connectivity index (χ0v) is 17.1. The standard InChI is InChI=1S/C19H18N4.CH4O4S/c1-15-7-6-10-19(23(15)2)22-21-18-13-11-17(12-14-18)20-16-8-4-3-5-9-16;1-5-6(2,3)4/h3-14H,1-2H3;1H3,(H,2,3,4). The number of hydrogen-bond donors (Lipinski definition) is 1. The van der Waals surface area contributed by atoms with Crippen LogP contribution in [-0.2, 0) is 21.6 Å². The summed E-state index contributed by atoms with van der Waals surface area (Å²) in [5.41, 5.74) is 4.05. The van der Waals surface area contributed by atoms with Crippen molar-refractivity contribution in [1.82, 2.24) is 0 Å². The van der Waals surface area contributed by atoms with Gasteiger partial charge in [0.2, 0.25) is 10.4 Å². The number of benzene rings is 2. The maximum absolute atomic E-state index is 9.22. The zero-order chi connectivity index (χ0) is 21.3. The molecule has 0 aliphatic carbocycles. The third-order valence-electron chi connectivity index (χ3n) is 3.86. The minimum absolute atomic E-state index is 0.808. The number of azo groups is 1. The van der Waals surface area contributed by atoms with Crippen LogP contribution in [0.5, 0.6) is 0 Å². The highest BCUT2D eigenvalue weighted by Gasteiger charge is 2.07. The van der Waals surface area contributed by atoms with Crippen LogP contribution in [-0.4, -0.2) is 20.1 Å². The lowest BCUT2D eigenvalue weighted by atomic mass is 10.2. The van der Waals surface area contributed by atoms with Crippen molar-refractivity contribution in [2.24, 2.45) is 17.3 Å². The van der Waals surface area contributed by atoms with E-state index in [9.17, 15) is 13.0 Å². The maximum Gasteiger partial charge on any atom is 0.350 e. The number of aromatic nitrogens is 1. The van der Waals surface area contributed by atoms with E-state index < -0.39 is 10.4 Å². The molecule has 0 amide bonds. The minimum atomic E-state index is -4.41. The number of nitrogens with zero attached hydrogens (tertiary/aromatic N) is 3. The third kappa shape index (κ3) is 7.78. The highest BCUT2D eigenvalue weighted by Crippen LogP contribution is 2.21. The van der Waals surface area contributed by atoms with E-state index in [0.29, 0.717) is 0 Å². The number of rotatable bonds is 5. The summed E-state index contributed by atoms with van der Waals surface area (Å²) in [7, 11) is -1.62. The number of hydrogen-bond acceptors (Lipinski definition) is 7. The Morgan fingerprint density at radius 1 is 0.897 bits per heavy atom. The van der Waals surface area contributed by atoms with E-state index in [2.05, 4.69) is 19.7 Å². The van der Waals surface area contributed by atoms with Crippen molar-refractivity contribution in [3.8, 4) is 0 Å². The highest BCUT2D eigenvalue weighted by atomic mass is 32.3. The molecule has 9 heteroatoms. The van der Waals surface area contributed by atoms with Gasteiger partial charge in [0.05, 0.1) is 19.3 Å². The SMILES string of the molecule is COS(=O)(=O)[O-].Cc1cccc(N=Nc2ccc(Nc3ccccc3)cc2)[n+]1C. The molecule has 0 aliphatic rings. The molecule has 0 atom stereocenters. The Kier molecular flexibility index (Phi) is 7.96. The molecule has 0 aliphatic heterocycles. The van der Waals surface area contributed by atoms with Gasteiger partial charge in [-0.15, -0.1) is 0 Å². The first-order valence-corrected chi connectivity index (χ1v) is 9.93.